The van der Waals surface area contributed by atoms with E-state index in [1.54, 1.807) is 25.6 Å². The molecule has 116 valence electrons. The number of amides is 1. The zero-order valence-corrected chi connectivity index (χ0v) is 13.6. The number of carbonyl (C=O) groups excluding carboxylic acids is 2. The number of benzene rings is 1. The van der Waals surface area contributed by atoms with Crippen molar-refractivity contribution in [3.05, 3.63) is 52.8 Å². The molecule has 1 N–H and O–H groups in total. The number of Topliss-reactive ketones (excluding diaryl/α,β-unsaturated/α-hetero) is 1. The lowest BCUT2D eigenvalue weighted by molar-refractivity contribution is -0.118. The van der Waals surface area contributed by atoms with Crippen molar-refractivity contribution in [2.75, 3.05) is 0 Å². The maximum atomic E-state index is 12.4. The molecule has 0 aliphatic carbocycles. The molecule has 0 aliphatic rings. The van der Waals surface area contributed by atoms with Gasteiger partial charge in [-0.05, 0) is 33.3 Å². The molecule has 1 amide bonds. The molecule has 2 rings (SSSR count). The third-order valence-corrected chi connectivity index (χ3v) is 3.86. The molecule has 0 spiro atoms. The van der Waals surface area contributed by atoms with Crippen LogP contribution in [0.3, 0.4) is 0 Å². The number of hydrogen-bond donors (Lipinski definition) is 1. The molecule has 1 aromatic heterocycles. The van der Waals surface area contributed by atoms with Gasteiger partial charge in [-0.1, -0.05) is 30.3 Å². The lowest BCUT2D eigenvalue weighted by atomic mass is 9.93. The van der Waals surface area contributed by atoms with Crippen LogP contribution in [0.2, 0.25) is 0 Å². The van der Waals surface area contributed by atoms with Crippen LogP contribution in [0.5, 0.6) is 0 Å². The third-order valence-electron chi connectivity index (χ3n) is 3.86. The van der Waals surface area contributed by atoms with Gasteiger partial charge in [0, 0.05) is 12.7 Å². The Morgan fingerprint density at radius 1 is 1.14 bits per heavy atom. The van der Waals surface area contributed by atoms with Gasteiger partial charge in [0.1, 0.15) is 0 Å². The fraction of sp³-hybridized carbons (Fsp3) is 0.353. The Labute approximate surface area is 130 Å². The van der Waals surface area contributed by atoms with Crippen molar-refractivity contribution in [2.45, 2.75) is 33.2 Å². The minimum atomic E-state index is -0.627. The lowest BCUT2D eigenvalue weighted by Gasteiger charge is -2.26. The highest BCUT2D eigenvalue weighted by Gasteiger charge is 2.29. The summed E-state index contributed by atoms with van der Waals surface area (Å²) < 4.78 is 1.61. The average molecular weight is 299 g/mol. The van der Waals surface area contributed by atoms with Crippen LogP contribution in [0.15, 0.2) is 30.3 Å². The molecule has 1 aromatic carbocycles. The maximum Gasteiger partial charge on any atom is 0.293 e. The fourth-order valence-corrected chi connectivity index (χ4v) is 2.48. The van der Waals surface area contributed by atoms with Gasteiger partial charge >= 0.3 is 0 Å². The van der Waals surface area contributed by atoms with Crippen LogP contribution in [0.1, 0.15) is 41.2 Å². The molecule has 0 atom stereocenters. The van der Waals surface area contributed by atoms with Gasteiger partial charge in [-0.2, -0.15) is 5.10 Å². The van der Waals surface area contributed by atoms with E-state index in [4.69, 9.17) is 0 Å². The smallest absolute Gasteiger partial charge is 0.293 e. The summed E-state index contributed by atoms with van der Waals surface area (Å²) in [5.74, 6) is -1.17. The van der Waals surface area contributed by atoms with Crippen molar-refractivity contribution in [2.24, 2.45) is 7.05 Å². The number of rotatable bonds is 4. The lowest BCUT2D eigenvalue weighted by Crippen LogP contribution is -2.44. The molecule has 2 aromatic rings. The Kier molecular flexibility index (Phi) is 4.17. The Morgan fingerprint density at radius 2 is 1.73 bits per heavy atom. The summed E-state index contributed by atoms with van der Waals surface area (Å²) in [6, 6.07) is 9.56. The van der Waals surface area contributed by atoms with E-state index in [0.29, 0.717) is 17.0 Å². The van der Waals surface area contributed by atoms with E-state index in [1.807, 2.05) is 44.2 Å². The second-order valence-corrected chi connectivity index (χ2v) is 5.94. The molecule has 0 radical (unpaired) electrons. The second kappa shape index (κ2) is 5.75. The first-order chi connectivity index (χ1) is 10.2. The summed E-state index contributed by atoms with van der Waals surface area (Å²) in [5, 5.41) is 6.99. The largest absolute Gasteiger partial charge is 0.340 e. The van der Waals surface area contributed by atoms with E-state index in [2.05, 4.69) is 10.4 Å². The molecule has 0 aliphatic heterocycles. The second-order valence-electron chi connectivity index (χ2n) is 5.94. The Bertz CT molecular complexity index is 715. The molecule has 0 unspecified atom stereocenters. The summed E-state index contributed by atoms with van der Waals surface area (Å²) in [4.78, 5) is 24.8. The van der Waals surface area contributed by atoms with Gasteiger partial charge in [-0.3, -0.25) is 14.3 Å². The molecule has 5 heteroatoms. The minimum Gasteiger partial charge on any atom is -0.340 e. The molecule has 0 bridgehead atoms. The topological polar surface area (TPSA) is 64.0 Å². The van der Waals surface area contributed by atoms with E-state index < -0.39 is 17.2 Å². The first-order valence-electron chi connectivity index (χ1n) is 7.16. The number of carbonyl (C=O) groups is 2. The zero-order chi connectivity index (χ0) is 16.5. The predicted molar refractivity (Wildman–Crippen MR) is 84.6 cm³/mol. The van der Waals surface area contributed by atoms with Crippen LogP contribution in [-0.4, -0.2) is 21.5 Å². The summed E-state index contributed by atoms with van der Waals surface area (Å²) in [6.07, 6.45) is 0. The molecular weight excluding hydrogens is 278 g/mol. The normalized spacial score (nSPS) is 11.3. The summed E-state index contributed by atoms with van der Waals surface area (Å²) >= 11 is 0. The predicted octanol–water partition coefficient (Wildman–Crippen LogP) is 2.27. The monoisotopic (exact) mass is 299 g/mol. The number of aromatic nitrogens is 2. The highest BCUT2D eigenvalue weighted by Crippen LogP contribution is 2.20. The van der Waals surface area contributed by atoms with Crippen LogP contribution < -0.4 is 5.32 Å². The van der Waals surface area contributed by atoms with E-state index >= 15 is 0 Å². The van der Waals surface area contributed by atoms with Gasteiger partial charge < -0.3 is 5.32 Å². The maximum absolute atomic E-state index is 12.4. The van der Waals surface area contributed by atoms with Crippen molar-refractivity contribution in [1.82, 2.24) is 15.1 Å². The first-order valence-corrected chi connectivity index (χ1v) is 7.16. The van der Waals surface area contributed by atoms with Crippen molar-refractivity contribution in [3.8, 4) is 0 Å². The van der Waals surface area contributed by atoms with E-state index in [-0.39, 0.29) is 0 Å². The summed E-state index contributed by atoms with van der Waals surface area (Å²) in [7, 11) is 1.75. The number of aryl methyl sites for hydroxylation is 2. The third kappa shape index (κ3) is 2.93. The first kappa shape index (κ1) is 15.9. The number of nitrogens with zero attached hydrogens (tertiary/aromatic N) is 2. The van der Waals surface area contributed by atoms with E-state index in [9.17, 15) is 9.59 Å². The standard InChI is InChI=1S/C17H21N3O2/c1-11-14(12(2)20(5)19-11)15(21)16(22)18-17(3,4)13-9-7-6-8-10-13/h6-10H,1-5H3,(H,18,22). The van der Waals surface area contributed by atoms with Crippen molar-refractivity contribution in [1.29, 1.82) is 0 Å². The highest BCUT2D eigenvalue weighted by atomic mass is 16.2. The number of nitrogens with one attached hydrogen (secondary N) is 1. The zero-order valence-electron chi connectivity index (χ0n) is 13.6. The van der Waals surface area contributed by atoms with Gasteiger partial charge in [0.05, 0.1) is 16.8 Å². The molecule has 0 saturated heterocycles. The Balaban J connectivity index is 2.24. The van der Waals surface area contributed by atoms with E-state index in [0.717, 1.165) is 5.56 Å². The van der Waals surface area contributed by atoms with Crippen LogP contribution in [-0.2, 0) is 17.4 Å². The fourth-order valence-electron chi connectivity index (χ4n) is 2.48. The van der Waals surface area contributed by atoms with Crippen LogP contribution in [0.4, 0.5) is 0 Å². The molecule has 1 heterocycles. The van der Waals surface area contributed by atoms with Crippen molar-refractivity contribution >= 4 is 11.7 Å². The number of ketones is 1. The highest BCUT2D eigenvalue weighted by molar-refractivity contribution is 6.43. The molecular formula is C17H21N3O2. The summed E-state index contributed by atoms with van der Waals surface area (Å²) in [6.45, 7) is 7.26. The van der Waals surface area contributed by atoms with Crippen LogP contribution >= 0.6 is 0 Å². The Morgan fingerprint density at radius 3 is 2.23 bits per heavy atom. The molecule has 0 fully saturated rings. The van der Waals surface area contributed by atoms with Gasteiger partial charge in [-0.15, -0.1) is 0 Å². The number of hydrogen-bond acceptors (Lipinski definition) is 3. The van der Waals surface area contributed by atoms with Gasteiger partial charge in [0.15, 0.2) is 0 Å². The summed E-state index contributed by atoms with van der Waals surface area (Å²) in [5.41, 5.74) is 1.95. The van der Waals surface area contributed by atoms with Gasteiger partial charge in [-0.25, -0.2) is 0 Å². The SMILES string of the molecule is Cc1nn(C)c(C)c1C(=O)C(=O)NC(C)(C)c1ccccc1. The molecule has 0 saturated carbocycles. The minimum absolute atomic E-state index is 0.379. The quantitative estimate of drug-likeness (QED) is 0.696. The van der Waals surface area contributed by atoms with Gasteiger partial charge in [0.25, 0.3) is 11.7 Å². The van der Waals surface area contributed by atoms with Crippen molar-refractivity contribution in [3.63, 3.8) is 0 Å². The van der Waals surface area contributed by atoms with Crippen molar-refractivity contribution < 1.29 is 9.59 Å². The Hall–Kier alpha value is -2.43. The average Bonchev–Trinajstić information content (AvgIpc) is 2.72. The molecule has 5 nitrogen and oxygen atoms in total. The van der Waals surface area contributed by atoms with Crippen LogP contribution in [0, 0.1) is 13.8 Å². The molecule has 22 heavy (non-hydrogen) atoms. The van der Waals surface area contributed by atoms with Crippen LogP contribution in [0.25, 0.3) is 0 Å². The van der Waals surface area contributed by atoms with E-state index in [1.165, 1.54) is 0 Å². The van der Waals surface area contributed by atoms with Gasteiger partial charge in [0.2, 0.25) is 0 Å².